The third-order valence-corrected chi connectivity index (χ3v) is 6.30. The highest BCUT2D eigenvalue weighted by atomic mass is 16.3. The number of fused-ring (bicyclic) bond motifs is 1. The summed E-state index contributed by atoms with van der Waals surface area (Å²) in [5.74, 6) is 0.680. The summed E-state index contributed by atoms with van der Waals surface area (Å²) in [5, 5.41) is 3.93. The van der Waals surface area contributed by atoms with E-state index in [1.165, 1.54) is 5.56 Å². The van der Waals surface area contributed by atoms with Crippen LogP contribution in [0.15, 0.2) is 77.3 Å². The first-order chi connectivity index (χ1) is 16.4. The van der Waals surface area contributed by atoms with Gasteiger partial charge in [0.15, 0.2) is 0 Å². The van der Waals surface area contributed by atoms with Gasteiger partial charge in [0.1, 0.15) is 17.0 Å². The summed E-state index contributed by atoms with van der Waals surface area (Å²) in [6.45, 7) is 2.39. The first kappa shape index (κ1) is 23.4. The fourth-order valence-electron chi connectivity index (χ4n) is 4.33. The molecule has 2 amide bonds. The zero-order chi connectivity index (χ0) is 24.1. The van der Waals surface area contributed by atoms with Crippen molar-refractivity contribution in [1.82, 2.24) is 14.8 Å². The fourth-order valence-corrected chi connectivity index (χ4v) is 4.33. The van der Waals surface area contributed by atoms with E-state index >= 15 is 0 Å². The summed E-state index contributed by atoms with van der Waals surface area (Å²) in [6.07, 6.45) is 4.18. The molecule has 0 saturated heterocycles. The standard InChI is InChI=1S/C28H31N3O3/c1-20-18-23-19-22(12-14-26(23)34-20)28(33)31(3)24(13-11-21-8-5-4-6-9-21)15-16-29-27(32)25-10-7-17-30(25)2/h4-10,12,14,17-19,24H,11,13,15-16H2,1-3H3,(H,29,32)/t24-/m0/s1. The summed E-state index contributed by atoms with van der Waals surface area (Å²) in [6, 6.07) is 21.4. The molecule has 0 fully saturated rings. The van der Waals surface area contributed by atoms with E-state index in [1.807, 2.05) is 80.6 Å². The van der Waals surface area contributed by atoms with E-state index in [-0.39, 0.29) is 17.9 Å². The van der Waals surface area contributed by atoms with Gasteiger partial charge in [-0.05, 0) is 68.1 Å². The summed E-state index contributed by atoms with van der Waals surface area (Å²) in [5.41, 5.74) is 3.26. The molecular formula is C28H31N3O3. The molecule has 0 aliphatic carbocycles. The van der Waals surface area contributed by atoms with Gasteiger partial charge in [-0.1, -0.05) is 30.3 Å². The molecular weight excluding hydrogens is 426 g/mol. The Kier molecular flexibility index (Phi) is 7.16. The lowest BCUT2D eigenvalue weighted by atomic mass is 10.0. The van der Waals surface area contributed by atoms with Gasteiger partial charge >= 0.3 is 0 Å². The first-order valence-corrected chi connectivity index (χ1v) is 11.6. The normalized spacial score (nSPS) is 12.0. The zero-order valence-corrected chi connectivity index (χ0v) is 20.0. The van der Waals surface area contributed by atoms with E-state index in [2.05, 4.69) is 17.4 Å². The minimum Gasteiger partial charge on any atom is -0.461 e. The topological polar surface area (TPSA) is 67.5 Å². The van der Waals surface area contributed by atoms with Gasteiger partial charge in [-0.25, -0.2) is 0 Å². The van der Waals surface area contributed by atoms with Crippen molar-refractivity contribution in [2.75, 3.05) is 13.6 Å². The Labute approximate surface area is 200 Å². The zero-order valence-electron chi connectivity index (χ0n) is 20.0. The van der Waals surface area contributed by atoms with Crippen LogP contribution >= 0.6 is 0 Å². The van der Waals surface area contributed by atoms with Crippen LogP contribution in [0.1, 0.15) is 45.0 Å². The third-order valence-electron chi connectivity index (χ3n) is 6.30. The Balaban J connectivity index is 1.46. The quantitative estimate of drug-likeness (QED) is 0.386. The molecule has 2 aromatic heterocycles. The summed E-state index contributed by atoms with van der Waals surface area (Å²) in [4.78, 5) is 27.7. The van der Waals surface area contributed by atoms with E-state index in [1.54, 1.807) is 10.6 Å². The molecule has 0 radical (unpaired) electrons. The van der Waals surface area contributed by atoms with Crippen molar-refractivity contribution in [1.29, 1.82) is 0 Å². The number of aromatic nitrogens is 1. The van der Waals surface area contributed by atoms with Crippen molar-refractivity contribution in [3.8, 4) is 0 Å². The number of nitrogens with zero attached hydrogens (tertiary/aromatic N) is 2. The molecule has 1 atom stereocenters. The van der Waals surface area contributed by atoms with E-state index in [0.717, 1.165) is 29.6 Å². The minimum atomic E-state index is -0.107. The maximum Gasteiger partial charge on any atom is 0.267 e. The van der Waals surface area contributed by atoms with Gasteiger partial charge < -0.3 is 19.2 Å². The Bertz CT molecular complexity index is 1270. The van der Waals surface area contributed by atoms with Gasteiger partial charge in [0.2, 0.25) is 0 Å². The number of hydrogen-bond donors (Lipinski definition) is 1. The van der Waals surface area contributed by atoms with Crippen LogP contribution in [0.5, 0.6) is 0 Å². The molecule has 0 unspecified atom stereocenters. The smallest absolute Gasteiger partial charge is 0.267 e. The number of rotatable bonds is 9. The second kappa shape index (κ2) is 10.4. The van der Waals surface area contributed by atoms with Crippen LogP contribution in [-0.2, 0) is 13.5 Å². The minimum absolute atomic E-state index is 0.0248. The highest BCUT2D eigenvalue weighted by Gasteiger charge is 2.22. The Morgan fingerprint density at radius 3 is 2.56 bits per heavy atom. The molecule has 0 bridgehead atoms. The van der Waals surface area contributed by atoms with Crippen LogP contribution in [-0.4, -0.2) is 40.9 Å². The lowest BCUT2D eigenvalue weighted by molar-refractivity contribution is 0.0715. The van der Waals surface area contributed by atoms with Gasteiger partial charge in [-0.2, -0.15) is 0 Å². The van der Waals surface area contributed by atoms with E-state index in [0.29, 0.717) is 24.2 Å². The molecule has 2 heterocycles. The Morgan fingerprint density at radius 1 is 1.03 bits per heavy atom. The van der Waals surface area contributed by atoms with Crippen LogP contribution < -0.4 is 5.32 Å². The van der Waals surface area contributed by atoms with E-state index < -0.39 is 0 Å². The first-order valence-electron chi connectivity index (χ1n) is 11.6. The maximum absolute atomic E-state index is 13.4. The molecule has 0 spiro atoms. The predicted molar refractivity (Wildman–Crippen MR) is 134 cm³/mol. The summed E-state index contributed by atoms with van der Waals surface area (Å²) < 4.78 is 7.44. The largest absolute Gasteiger partial charge is 0.461 e. The molecule has 0 saturated carbocycles. The van der Waals surface area contributed by atoms with Crippen molar-refractivity contribution in [3.05, 3.63) is 95.5 Å². The van der Waals surface area contributed by atoms with Crippen molar-refractivity contribution in [3.63, 3.8) is 0 Å². The SMILES string of the molecule is Cc1cc2cc(C(=O)N(C)[C@H](CCNC(=O)c3cccn3C)CCc3ccccc3)ccc2o1. The van der Waals surface area contributed by atoms with Crippen LogP contribution in [0.2, 0.25) is 0 Å². The molecule has 6 nitrogen and oxygen atoms in total. The average molecular weight is 458 g/mol. The monoisotopic (exact) mass is 457 g/mol. The molecule has 4 aromatic rings. The molecule has 6 heteroatoms. The lowest BCUT2D eigenvalue weighted by Crippen LogP contribution is -2.40. The number of furan rings is 1. The van der Waals surface area contributed by atoms with Gasteiger partial charge in [0, 0.05) is 43.8 Å². The maximum atomic E-state index is 13.4. The van der Waals surface area contributed by atoms with Gasteiger partial charge in [0.25, 0.3) is 11.8 Å². The molecule has 4 rings (SSSR count). The Hall–Kier alpha value is -3.80. The molecule has 0 aliphatic heterocycles. The van der Waals surface area contributed by atoms with Crippen molar-refractivity contribution in [2.24, 2.45) is 7.05 Å². The van der Waals surface area contributed by atoms with Gasteiger partial charge in [-0.3, -0.25) is 9.59 Å². The Morgan fingerprint density at radius 2 is 1.82 bits per heavy atom. The fraction of sp³-hybridized carbons (Fsp3) is 0.286. The number of nitrogens with one attached hydrogen (secondary N) is 1. The number of carbonyl (C=O) groups excluding carboxylic acids is 2. The van der Waals surface area contributed by atoms with Crippen LogP contribution in [0, 0.1) is 6.92 Å². The molecule has 176 valence electrons. The highest BCUT2D eigenvalue weighted by Crippen LogP contribution is 2.22. The molecule has 34 heavy (non-hydrogen) atoms. The second-order valence-corrected chi connectivity index (χ2v) is 8.75. The summed E-state index contributed by atoms with van der Waals surface area (Å²) in [7, 11) is 3.70. The van der Waals surface area contributed by atoms with Gasteiger partial charge in [0.05, 0.1) is 0 Å². The lowest BCUT2D eigenvalue weighted by Gasteiger charge is -2.29. The average Bonchev–Trinajstić information content (AvgIpc) is 3.44. The number of amides is 2. The number of carbonyl (C=O) groups is 2. The number of benzene rings is 2. The predicted octanol–water partition coefficient (Wildman–Crippen LogP) is 4.97. The van der Waals surface area contributed by atoms with Gasteiger partial charge in [-0.15, -0.1) is 0 Å². The van der Waals surface area contributed by atoms with Crippen LogP contribution in [0.3, 0.4) is 0 Å². The summed E-state index contributed by atoms with van der Waals surface area (Å²) >= 11 is 0. The van der Waals surface area contributed by atoms with E-state index in [9.17, 15) is 9.59 Å². The molecule has 0 aliphatic rings. The number of aryl methyl sites for hydroxylation is 3. The van der Waals surface area contributed by atoms with Crippen molar-refractivity contribution >= 4 is 22.8 Å². The van der Waals surface area contributed by atoms with Crippen LogP contribution in [0.4, 0.5) is 0 Å². The second-order valence-electron chi connectivity index (χ2n) is 8.75. The highest BCUT2D eigenvalue weighted by molar-refractivity contribution is 5.98. The number of hydrogen-bond acceptors (Lipinski definition) is 3. The molecule has 2 aromatic carbocycles. The van der Waals surface area contributed by atoms with E-state index in [4.69, 9.17) is 4.42 Å². The van der Waals surface area contributed by atoms with Crippen LogP contribution in [0.25, 0.3) is 11.0 Å². The molecule has 1 N–H and O–H groups in total. The van der Waals surface area contributed by atoms with Crippen molar-refractivity contribution < 1.29 is 14.0 Å². The third kappa shape index (κ3) is 5.39. The van der Waals surface area contributed by atoms with Crippen molar-refractivity contribution in [2.45, 2.75) is 32.2 Å².